The number of amides is 1. The topological polar surface area (TPSA) is 99.9 Å². The highest BCUT2D eigenvalue weighted by atomic mass is 19.1. The predicted molar refractivity (Wildman–Crippen MR) is 133 cm³/mol. The first-order valence-corrected chi connectivity index (χ1v) is 11.0. The summed E-state index contributed by atoms with van der Waals surface area (Å²) in [5.74, 6) is -0.229. The second kappa shape index (κ2) is 10.2. The van der Waals surface area contributed by atoms with Gasteiger partial charge in [-0.1, -0.05) is 18.2 Å². The van der Waals surface area contributed by atoms with E-state index in [1.54, 1.807) is 38.3 Å². The molecule has 2 N–H and O–H groups in total. The fourth-order valence-corrected chi connectivity index (χ4v) is 3.71. The molecule has 0 saturated carbocycles. The average Bonchev–Trinajstić information content (AvgIpc) is 2.86. The van der Waals surface area contributed by atoms with Crippen LogP contribution in [0.25, 0.3) is 10.9 Å². The maximum Gasteiger partial charge on any atom is 0.258 e. The summed E-state index contributed by atoms with van der Waals surface area (Å²) in [5, 5.41) is 15.9. The summed E-state index contributed by atoms with van der Waals surface area (Å²) >= 11 is 0. The van der Waals surface area contributed by atoms with Gasteiger partial charge in [-0.15, -0.1) is 0 Å². The van der Waals surface area contributed by atoms with Gasteiger partial charge in [-0.05, 0) is 61.7 Å². The van der Waals surface area contributed by atoms with Crippen LogP contribution in [0.15, 0.2) is 60.9 Å². The van der Waals surface area contributed by atoms with Gasteiger partial charge in [0.25, 0.3) is 5.91 Å². The van der Waals surface area contributed by atoms with Crippen LogP contribution < -0.4 is 15.4 Å². The van der Waals surface area contributed by atoms with Crippen LogP contribution in [0.3, 0.4) is 0 Å². The SMILES string of the molecule is COc1ccc2c(Nc3cc(NC(=O)c4cccc(CC(C)C#N)c4F)ccc3C)ncnc2c1. The van der Waals surface area contributed by atoms with Crippen molar-refractivity contribution in [3.63, 3.8) is 0 Å². The normalized spacial score (nSPS) is 11.5. The predicted octanol–water partition coefficient (Wildman–Crippen LogP) is 5.78. The van der Waals surface area contributed by atoms with Gasteiger partial charge in [-0.25, -0.2) is 14.4 Å². The minimum Gasteiger partial charge on any atom is -0.497 e. The van der Waals surface area contributed by atoms with Gasteiger partial charge in [-0.2, -0.15) is 5.26 Å². The number of anilines is 3. The van der Waals surface area contributed by atoms with Gasteiger partial charge in [0.2, 0.25) is 0 Å². The molecule has 35 heavy (non-hydrogen) atoms. The molecule has 1 unspecified atom stereocenters. The Hall–Kier alpha value is -4.51. The van der Waals surface area contributed by atoms with Crippen molar-refractivity contribution < 1.29 is 13.9 Å². The van der Waals surface area contributed by atoms with E-state index in [2.05, 4.69) is 26.7 Å². The van der Waals surface area contributed by atoms with Gasteiger partial charge in [0.15, 0.2) is 0 Å². The minimum atomic E-state index is -0.611. The number of nitrogens with zero attached hydrogens (tertiary/aromatic N) is 3. The molecular formula is C27H24FN5O2. The highest BCUT2D eigenvalue weighted by Gasteiger charge is 2.17. The molecule has 0 fully saturated rings. The third-order valence-electron chi connectivity index (χ3n) is 5.66. The molecule has 176 valence electrons. The van der Waals surface area contributed by atoms with Crippen LogP contribution in [-0.2, 0) is 6.42 Å². The van der Waals surface area contributed by atoms with E-state index in [9.17, 15) is 9.18 Å². The van der Waals surface area contributed by atoms with Crippen LogP contribution in [0.1, 0.15) is 28.4 Å². The summed E-state index contributed by atoms with van der Waals surface area (Å²) in [6.07, 6.45) is 1.70. The highest BCUT2D eigenvalue weighted by Crippen LogP contribution is 2.29. The van der Waals surface area contributed by atoms with E-state index >= 15 is 0 Å². The number of hydrogen-bond acceptors (Lipinski definition) is 6. The first kappa shape index (κ1) is 23.6. The Morgan fingerprint density at radius 3 is 2.77 bits per heavy atom. The van der Waals surface area contributed by atoms with Crippen molar-refractivity contribution in [3.8, 4) is 11.8 Å². The molecule has 4 rings (SSSR count). The third kappa shape index (κ3) is 5.20. The molecule has 0 aliphatic rings. The molecule has 1 amide bonds. The van der Waals surface area contributed by atoms with Crippen LogP contribution >= 0.6 is 0 Å². The maximum atomic E-state index is 15.0. The average molecular weight is 470 g/mol. The van der Waals surface area contributed by atoms with Crippen molar-refractivity contribution in [3.05, 3.63) is 83.4 Å². The Morgan fingerprint density at radius 2 is 2.00 bits per heavy atom. The molecule has 0 bridgehead atoms. The number of fused-ring (bicyclic) bond motifs is 1. The number of rotatable bonds is 7. The van der Waals surface area contributed by atoms with E-state index in [1.807, 2.05) is 31.2 Å². The molecule has 8 heteroatoms. The van der Waals surface area contributed by atoms with Gasteiger partial charge in [0.1, 0.15) is 23.7 Å². The Labute approximate surface area is 202 Å². The number of carbonyl (C=O) groups excluding carboxylic acids is 1. The number of methoxy groups -OCH3 is 1. The molecule has 0 saturated heterocycles. The van der Waals surface area contributed by atoms with Crippen molar-refractivity contribution in [2.45, 2.75) is 20.3 Å². The van der Waals surface area contributed by atoms with Crippen molar-refractivity contribution in [2.75, 3.05) is 17.7 Å². The molecule has 1 aromatic heterocycles. The third-order valence-corrected chi connectivity index (χ3v) is 5.66. The number of aromatic nitrogens is 2. The monoisotopic (exact) mass is 469 g/mol. The van der Waals surface area contributed by atoms with E-state index in [4.69, 9.17) is 10.00 Å². The molecule has 7 nitrogen and oxygen atoms in total. The van der Waals surface area contributed by atoms with Crippen LogP contribution in [0, 0.1) is 30.0 Å². The summed E-state index contributed by atoms with van der Waals surface area (Å²) < 4.78 is 20.2. The van der Waals surface area contributed by atoms with Gasteiger partial charge in [0.05, 0.1) is 24.3 Å². The second-order valence-corrected chi connectivity index (χ2v) is 8.23. The zero-order chi connectivity index (χ0) is 24.9. The van der Waals surface area contributed by atoms with Gasteiger partial charge in [0, 0.05) is 28.7 Å². The van der Waals surface area contributed by atoms with Crippen LogP contribution in [0.5, 0.6) is 5.75 Å². The lowest BCUT2D eigenvalue weighted by Crippen LogP contribution is -2.15. The van der Waals surface area contributed by atoms with Crippen LogP contribution in [0.4, 0.5) is 21.6 Å². The zero-order valence-electron chi connectivity index (χ0n) is 19.6. The van der Waals surface area contributed by atoms with E-state index in [1.165, 1.54) is 12.4 Å². The number of carbonyl (C=O) groups is 1. The summed E-state index contributed by atoms with van der Waals surface area (Å²) in [6.45, 7) is 3.64. The number of halogens is 1. The number of nitriles is 1. The van der Waals surface area contributed by atoms with E-state index < -0.39 is 11.7 Å². The molecule has 0 aliphatic heterocycles. The molecule has 0 spiro atoms. The fourth-order valence-electron chi connectivity index (χ4n) is 3.71. The van der Waals surface area contributed by atoms with E-state index in [-0.39, 0.29) is 17.9 Å². The molecule has 1 atom stereocenters. The Bertz CT molecular complexity index is 1450. The molecule has 3 aromatic carbocycles. The number of nitrogens with one attached hydrogen (secondary N) is 2. The summed E-state index contributed by atoms with van der Waals surface area (Å²) in [5.41, 5.74) is 3.16. The number of aryl methyl sites for hydroxylation is 1. The van der Waals surface area contributed by atoms with Crippen molar-refractivity contribution in [2.24, 2.45) is 5.92 Å². The van der Waals surface area contributed by atoms with Crippen molar-refractivity contribution in [1.29, 1.82) is 5.26 Å². The lowest BCUT2D eigenvalue weighted by atomic mass is 9.99. The summed E-state index contributed by atoms with van der Waals surface area (Å²) in [6, 6.07) is 17.6. The summed E-state index contributed by atoms with van der Waals surface area (Å²) in [4.78, 5) is 21.5. The number of benzene rings is 3. The largest absolute Gasteiger partial charge is 0.497 e. The molecule has 1 heterocycles. The van der Waals surface area contributed by atoms with Gasteiger partial charge >= 0.3 is 0 Å². The summed E-state index contributed by atoms with van der Waals surface area (Å²) in [7, 11) is 1.60. The number of ether oxygens (including phenoxy) is 1. The van der Waals surface area contributed by atoms with Gasteiger partial charge in [-0.3, -0.25) is 4.79 Å². The molecule has 0 radical (unpaired) electrons. The lowest BCUT2D eigenvalue weighted by molar-refractivity contribution is 0.102. The number of hydrogen-bond donors (Lipinski definition) is 2. The molecular weight excluding hydrogens is 445 g/mol. The van der Waals surface area contributed by atoms with E-state index in [0.29, 0.717) is 22.8 Å². The van der Waals surface area contributed by atoms with Crippen molar-refractivity contribution in [1.82, 2.24) is 9.97 Å². The fraction of sp³-hybridized carbons (Fsp3) is 0.185. The first-order chi connectivity index (χ1) is 16.9. The highest BCUT2D eigenvalue weighted by molar-refractivity contribution is 6.05. The Morgan fingerprint density at radius 1 is 1.17 bits per heavy atom. The first-order valence-electron chi connectivity index (χ1n) is 11.0. The Kier molecular flexibility index (Phi) is 6.88. The zero-order valence-corrected chi connectivity index (χ0v) is 19.6. The molecule has 4 aromatic rings. The molecule has 0 aliphatic carbocycles. The van der Waals surface area contributed by atoms with Crippen LogP contribution in [0.2, 0.25) is 0 Å². The Balaban J connectivity index is 1.58. The van der Waals surface area contributed by atoms with Crippen LogP contribution in [-0.4, -0.2) is 23.0 Å². The van der Waals surface area contributed by atoms with Gasteiger partial charge < -0.3 is 15.4 Å². The standard InChI is InChI=1S/C27H24FN5O2/c1-16(14-29)11-18-5-4-6-22(25(18)28)27(34)32-19-8-7-17(2)23(12-19)33-26-21-10-9-20(35-3)13-24(21)30-15-31-26/h4-10,12-13,15-16H,11H2,1-3H3,(H,32,34)(H,30,31,33). The second-order valence-electron chi connectivity index (χ2n) is 8.23. The van der Waals surface area contributed by atoms with Crippen molar-refractivity contribution >= 4 is 34.0 Å². The maximum absolute atomic E-state index is 15.0. The quantitative estimate of drug-likeness (QED) is 0.356. The smallest absolute Gasteiger partial charge is 0.258 e. The van der Waals surface area contributed by atoms with E-state index in [0.717, 1.165) is 22.2 Å². The lowest BCUT2D eigenvalue weighted by Gasteiger charge is -2.14. The minimum absolute atomic E-state index is 0.0709.